The van der Waals surface area contributed by atoms with Crippen LogP contribution in [0.15, 0.2) is 30.5 Å². The maximum Gasteiger partial charge on any atom is 0.410 e. The van der Waals surface area contributed by atoms with E-state index in [1.54, 1.807) is 11.0 Å². The molecule has 140 valence electrons. The molecule has 1 amide bonds. The quantitative estimate of drug-likeness (QED) is 0.844. The minimum atomic E-state index is -0.506. The van der Waals surface area contributed by atoms with Gasteiger partial charge in [0.05, 0.1) is 10.6 Å². The summed E-state index contributed by atoms with van der Waals surface area (Å²) >= 11 is 6.14. The zero-order chi connectivity index (χ0) is 19.6. The smallest absolute Gasteiger partial charge is 0.410 e. The molecule has 0 radical (unpaired) electrons. The van der Waals surface area contributed by atoms with Gasteiger partial charge in [0.1, 0.15) is 17.5 Å². The molecule has 0 fully saturated rings. The van der Waals surface area contributed by atoms with Crippen molar-refractivity contribution in [1.29, 1.82) is 5.26 Å². The Bertz CT molecular complexity index is 915. The second-order valence-corrected chi connectivity index (χ2v) is 7.87. The largest absolute Gasteiger partial charge is 0.444 e. The van der Waals surface area contributed by atoms with Crippen LogP contribution < -0.4 is 5.32 Å². The molecule has 1 aromatic carbocycles. The third-order valence-corrected chi connectivity index (χ3v) is 4.36. The van der Waals surface area contributed by atoms with Crippen molar-refractivity contribution in [3.8, 4) is 6.07 Å². The number of nitriles is 1. The topological polar surface area (TPSA) is 78.2 Å². The number of hydrogen-bond donors (Lipinski definition) is 1. The van der Waals surface area contributed by atoms with Gasteiger partial charge in [0.25, 0.3) is 0 Å². The van der Waals surface area contributed by atoms with Crippen LogP contribution in [0.3, 0.4) is 0 Å². The number of amides is 1. The normalized spacial score (nSPS) is 13.1. The monoisotopic (exact) mass is 384 g/mol. The van der Waals surface area contributed by atoms with Crippen LogP contribution in [0.25, 0.3) is 0 Å². The highest BCUT2D eigenvalue weighted by molar-refractivity contribution is 6.33. The van der Waals surface area contributed by atoms with Gasteiger partial charge in [0.15, 0.2) is 0 Å². The van der Waals surface area contributed by atoms with E-state index in [9.17, 15) is 4.79 Å². The number of halogens is 1. The standard InChI is InChI=1S/C20H21ClN4O2/c1-20(2,3)27-19(26)25-11-15-5-4-13(6-16(15)12-25)9-23-18-17(21)7-14(8-22)10-24-18/h4-7,10H,9,11-12H2,1-3H3,(H,23,24). The van der Waals surface area contributed by atoms with Crippen molar-refractivity contribution < 1.29 is 9.53 Å². The predicted molar refractivity (Wildman–Crippen MR) is 103 cm³/mol. The van der Waals surface area contributed by atoms with Crippen molar-refractivity contribution in [2.75, 3.05) is 5.32 Å². The second-order valence-electron chi connectivity index (χ2n) is 7.46. The number of ether oxygens (including phenoxy) is 1. The van der Waals surface area contributed by atoms with Gasteiger partial charge < -0.3 is 10.1 Å². The molecule has 3 rings (SSSR count). The number of rotatable bonds is 3. The van der Waals surface area contributed by atoms with Crippen molar-refractivity contribution in [1.82, 2.24) is 9.88 Å². The van der Waals surface area contributed by atoms with Gasteiger partial charge in [-0.15, -0.1) is 0 Å². The third-order valence-electron chi connectivity index (χ3n) is 4.08. The Morgan fingerprint density at radius 3 is 2.74 bits per heavy atom. The van der Waals surface area contributed by atoms with Gasteiger partial charge in [-0.2, -0.15) is 5.26 Å². The molecule has 0 atom stereocenters. The zero-order valence-corrected chi connectivity index (χ0v) is 16.3. The fourth-order valence-corrected chi connectivity index (χ4v) is 3.06. The lowest BCUT2D eigenvalue weighted by Crippen LogP contribution is -2.33. The number of pyridine rings is 1. The van der Waals surface area contributed by atoms with E-state index in [0.29, 0.717) is 36.0 Å². The highest BCUT2D eigenvalue weighted by atomic mass is 35.5. The van der Waals surface area contributed by atoms with E-state index in [1.807, 2.05) is 39.0 Å². The molecule has 27 heavy (non-hydrogen) atoms. The lowest BCUT2D eigenvalue weighted by atomic mass is 10.1. The van der Waals surface area contributed by atoms with Gasteiger partial charge in [-0.1, -0.05) is 29.8 Å². The molecular weight excluding hydrogens is 364 g/mol. The Kier molecular flexibility index (Phi) is 5.24. The molecule has 7 heteroatoms. The highest BCUT2D eigenvalue weighted by Gasteiger charge is 2.27. The molecule has 2 aromatic rings. The van der Waals surface area contributed by atoms with Crippen LogP contribution in [-0.2, 0) is 24.4 Å². The number of benzene rings is 1. The summed E-state index contributed by atoms with van der Waals surface area (Å²) in [4.78, 5) is 18.1. The fraction of sp³-hybridized carbons (Fsp3) is 0.350. The summed E-state index contributed by atoms with van der Waals surface area (Å²) < 4.78 is 5.45. The average molecular weight is 385 g/mol. The molecular formula is C20H21ClN4O2. The number of carbonyl (C=O) groups is 1. The van der Waals surface area contributed by atoms with Crippen molar-refractivity contribution in [3.05, 3.63) is 57.7 Å². The molecule has 0 saturated heterocycles. The van der Waals surface area contributed by atoms with Gasteiger partial charge in [0.2, 0.25) is 0 Å². The van der Waals surface area contributed by atoms with Crippen LogP contribution in [0.4, 0.5) is 10.6 Å². The molecule has 0 unspecified atom stereocenters. The van der Waals surface area contributed by atoms with E-state index >= 15 is 0 Å². The molecule has 2 heterocycles. The first-order chi connectivity index (χ1) is 12.7. The molecule has 6 nitrogen and oxygen atoms in total. The van der Waals surface area contributed by atoms with Crippen LogP contribution in [0.2, 0.25) is 5.02 Å². The minimum absolute atomic E-state index is 0.299. The first-order valence-corrected chi connectivity index (χ1v) is 9.01. The molecule has 1 N–H and O–H groups in total. The van der Waals surface area contributed by atoms with Gasteiger partial charge in [-0.3, -0.25) is 4.90 Å². The molecule has 0 saturated carbocycles. The Hall–Kier alpha value is -2.78. The number of anilines is 1. The van der Waals surface area contributed by atoms with Crippen molar-refractivity contribution >= 4 is 23.5 Å². The maximum absolute atomic E-state index is 12.3. The Labute approximate surface area is 163 Å². The van der Waals surface area contributed by atoms with E-state index < -0.39 is 5.60 Å². The van der Waals surface area contributed by atoms with Crippen LogP contribution in [0.1, 0.15) is 43.0 Å². The summed E-state index contributed by atoms with van der Waals surface area (Å²) in [5.41, 5.74) is 3.21. The third kappa shape index (κ3) is 4.69. The summed E-state index contributed by atoms with van der Waals surface area (Å²) in [5, 5.41) is 12.5. The molecule has 1 aliphatic heterocycles. The number of carbonyl (C=O) groups excluding carboxylic acids is 1. The zero-order valence-electron chi connectivity index (χ0n) is 15.5. The van der Waals surface area contributed by atoms with Crippen LogP contribution >= 0.6 is 11.6 Å². The van der Waals surface area contributed by atoms with E-state index in [2.05, 4.69) is 16.4 Å². The van der Waals surface area contributed by atoms with Crippen molar-refractivity contribution in [2.45, 2.75) is 46.0 Å². The van der Waals surface area contributed by atoms with Gasteiger partial charge in [-0.05, 0) is 43.5 Å². The van der Waals surface area contributed by atoms with E-state index in [0.717, 1.165) is 16.7 Å². The van der Waals surface area contributed by atoms with Gasteiger partial charge in [-0.25, -0.2) is 9.78 Å². The molecule has 0 bridgehead atoms. The lowest BCUT2D eigenvalue weighted by Gasteiger charge is -2.24. The molecule has 0 aliphatic carbocycles. The summed E-state index contributed by atoms with van der Waals surface area (Å²) in [6.45, 7) is 7.22. The van der Waals surface area contributed by atoms with Crippen LogP contribution in [0, 0.1) is 11.3 Å². The molecule has 1 aromatic heterocycles. The predicted octanol–water partition coefficient (Wildman–Crippen LogP) is 4.47. The van der Waals surface area contributed by atoms with Crippen LogP contribution in [-0.4, -0.2) is 21.6 Å². The van der Waals surface area contributed by atoms with E-state index in [1.165, 1.54) is 6.20 Å². The summed E-state index contributed by atoms with van der Waals surface area (Å²) in [6.07, 6.45) is 1.18. The van der Waals surface area contributed by atoms with Crippen molar-refractivity contribution in [2.24, 2.45) is 0 Å². The number of fused-ring (bicyclic) bond motifs is 1. The summed E-state index contributed by atoms with van der Waals surface area (Å²) in [7, 11) is 0. The van der Waals surface area contributed by atoms with Crippen LogP contribution in [0.5, 0.6) is 0 Å². The summed E-state index contributed by atoms with van der Waals surface area (Å²) in [6, 6.07) is 9.71. The highest BCUT2D eigenvalue weighted by Crippen LogP contribution is 2.26. The minimum Gasteiger partial charge on any atom is -0.444 e. The van der Waals surface area contributed by atoms with Crippen molar-refractivity contribution in [3.63, 3.8) is 0 Å². The van der Waals surface area contributed by atoms with E-state index in [4.69, 9.17) is 21.6 Å². The number of hydrogen-bond acceptors (Lipinski definition) is 5. The SMILES string of the molecule is CC(C)(C)OC(=O)N1Cc2ccc(CNc3ncc(C#N)cc3Cl)cc2C1. The first-order valence-electron chi connectivity index (χ1n) is 8.63. The van der Waals surface area contributed by atoms with Gasteiger partial charge in [0, 0.05) is 25.8 Å². The fourth-order valence-electron chi connectivity index (χ4n) is 2.83. The molecule has 1 aliphatic rings. The van der Waals surface area contributed by atoms with E-state index in [-0.39, 0.29) is 6.09 Å². The van der Waals surface area contributed by atoms with Gasteiger partial charge >= 0.3 is 6.09 Å². The Morgan fingerprint density at radius 2 is 2.07 bits per heavy atom. The maximum atomic E-state index is 12.3. The molecule has 0 spiro atoms. The first kappa shape index (κ1) is 19.0. The number of nitrogens with zero attached hydrogens (tertiary/aromatic N) is 3. The number of nitrogens with one attached hydrogen (secondary N) is 1. The summed E-state index contributed by atoms with van der Waals surface area (Å²) in [5.74, 6) is 0.534. The second kappa shape index (κ2) is 7.45. The number of aromatic nitrogens is 1. The Morgan fingerprint density at radius 1 is 1.33 bits per heavy atom. The lowest BCUT2D eigenvalue weighted by molar-refractivity contribution is 0.0242. The average Bonchev–Trinajstić information content (AvgIpc) is 3.02. The Balaban J connectivity index is 1.64.